The summed E-state index contributed by atoms with van der Waals surface area (Å²) < 4.78 is 19.6. The van der Waals surface area contributed by atoms with Gasteiger partial charge >= 0.3 is 0 Å². The third kappa shape index (κ3) is 4.36. The summed E-state index contributed by atoms with van der Waals surface area (Å²) in [5.74, 6) is -0.370. The molecular weight excluding hydrogens is 415 g/mol. The average Bonchev–Trinajstić information content (AvgIpc) is 2.75. The highest BCUT2D eigenvalue weighted by Gasteiger charge is 2.34. The van der Waals surface area contributed by atoms with E-state index >= 15 is 0 Å². The Labute approximate surface area is 183 Å². The molecule has 7 heteroatoms. The second-order valence-corrected chi connectivity index (χ2v) is 7.26. The van der Waals surface area contributed by atoms with Crippen molar-refractivity contribution >= 4 is 40.9 Å². The van der Waals surface area contributed by atoms with Gasteiger partial charge in [0.25, 0.3) is 11.8 Å². The van der Waals surface area contributed by atoms with Crippen molar-refractivity contribution in [2.45, 2.75) is 6.92 Å². The van der Waals surface area contributed by atoms with Crippen LogP contribution in [0.5, 0.6) is 11.5 Å². The van der Waals surface area contributed by atoms with Gasteiger partial charge < -0.3 is 4.74 Å². The summed E-state index contributed by atoms with van der Waals surface area (Å²) in [7, 11) is 0. The number of ether oxygens (including phenoxy) is 1. The fraction of sp³-hybridized carbons (Fsp3) is 0.0417. The van der Waals surface area contributed by atoms with Crippen LogP contribution in [0.4, 0.5) is 10.1 Å². The lowest BCUT2D eigenvalue weighted by Gasteiger charge is -2.29. The van der Waals surface area contributed by atoms with Crippen LogP contribution < -0.4 is 15.0 Å². The first-order valence-corrected chi connectivity index (χ1v) is 9.84. The van der Waals surface area contributed by atoms with Gasteiger partial charge in [0.2, 0.25) is 0 Å². The summed E-state index contributed by atoms with van der Waals surface area (Å²) >= 11 is 5.21. The zero-order valence-corrected chi connectivity index (χ0v) is 17.3. The molecule has 1 aliphatic rings. The predicted octanol–water partition coefficient (Wildman–Crippen LogP) is 4.76. The number of nitrogens with zero attached hydrogens (tertiary/aromatic N) is 1. The Morgan fingerprint density at radius 3 is 2.32 bits per heavy atom. The number of amides is 2. The quantitative estimate of drug-likeness (QED) is 0.367. The van der Waals surface area contributed by atoms with Gasteiger partial charge in [0.15, 0.2) is 5.11 Å². The molecule has 1 fully saturated rings. The fourth-order valence-electron chi connectivity index (χ4n) is 3.05. The van der Waals surface area contributed by atoms with Gasteiger partial charge in [-0.05, 0) is 78.8 Å². The van der Waals surface area contributed by atoms with Crippen LogP contribution in [-0.4, -0.2) is 16.9 Å². The molecule has 1 saturated heterocycles. The number of nitrogens with one attached hydrogen (secondary N) is 1. The minimum atomic E-state index is -0.628. The van der Waals surface area contributed by atoms with E-state index in [1.54, 1.807) is 43.3 Å². The molecule has 0 atom stereocenters. The van der Waals surface area contributed by atoms with Crippen molar-refractivity contribution < 1.29 is 18.7 Å². The van der Waals surface area contributed by atoms with Gasteiger partial charge in [0.05, 0.1) is 5.69 Å². The predicted molar refractivity (Wildman–Crippen MR) is 120 cm³/mol. The minimum absolute atomic E-state index is 0.0287. The topological polar surface area (TPSA) is 58.6 Å². The average molecular weight is 432 g/mol. The summed E-state index contributed by atoms with van der Waals surface area (Å²) in [6.07, 6.45) is 1.35. The first-order chi connectivity index (χ1) is 14.9. The van der Waals surface area contributed by atoms with Crippen molar-refractivity contribution in [1.82, 2.24) is 5.32 Å². The molecule has 31 heavy (non-hydrogen) atoms. The van der Waals surface area contributed by atoms with Gasteiger partial charge in [-0.15, -0.1) is 0 Å². The van der Waals surface area contributed by atoms with Crippen molar-refractivity contribution in [1.29, 1.82) is 0 Å². The number of anilines is 1. The normalized spacial score (nSPS) is 15.2. The van der Waals surface area contributed by atoms with Gasteiger partial charge in [0.1, 0.15) is 22.9 Å². The Morgan fingerprint density at radius 1 is 0.968 bits per heavy atom. The molecule has 0 aromatic heterocycles. The van der Waals surface area contributed by atoms with E-state index in [2.05, 4.69) is 5.32 Å². The molecule has 0 radical (unpaired) electrons. The van der Waals surface area contributed by atoms with E-state index in [9.17, 15) is 14.0 Å². The van der Waals surface area contributed by atoms with Gasteiger partial charge in [-0.3, -0.25) is 19.8 Å². The Balaban J connectivity index is 1.61. The molecule has 0 aliphatic carbocycles. The molecule has 154 valence electrons. The zero-order valence-electron chi connectivity index (χ0n) is 16.5. The van der Waals surface area contributed by atoms with Crippen LogP contribution in [0, 0.1) is 12.7 Å². The van der Waals surface area contributed by atoms with Crippen LogP contribution in [0.1, 0.15) is 11.1 Å². The number of carbonyl (C=O) groups is 2. The highest BCUT2D eigenvalue weighted by Crippen LogP contribution is 2.27. The highest BCUT2D eigenvalue weighted by molar-refractivity contribution is 7.80. The maximum Gasteiger partial charge on any atom is 0.270 e. The Kier molecular flexibility index (Phi) is 5.60. The molecule has 1 N–H and O–H groups in total. The van der Waals surface area contributed by atoms with Crippen LogP contribution in [0.15, 0.2) is 78.4 Å². The van der Waals surface area contributed by atoms with E-state index in [1.165, 1.54) is 17.0 Å². The standard InChI is InChI=1S/C24H17FN2O3S/c1-15-7-8-16(14-21(15)25)13-20-22(28)26-24(31)27(23(20)29)17-9-11-19(12-10-17)30-18-5-3-2-4-6-18/h2-14H,1H3,(H,26,28,31). The number of aryl methyl sites for hydroxylation is 1. The zero-order chi connectivity index (χ0) is 22.0. The molecule has 3 aromatic carbocycles. The molecular formula is C24H17FN2O3S. The number of hydrogen-bond donors (Lipinski definition) is 1. The Morgan fingerprint density at radius 2 is 1.65 bits per heavy atom. The third-order valence-corrected chi connectivity index (χ3v) is 4.97. The van der Waals surface area contributed by atoms with Gasteiger partial charge in [-0.1, -0.05) is 30.3 Å². The molecule has 0 unspecified atom stereocenters. The molecule has 4 rings (SSSR count). The largest absolute Gasteiger partial charge is 0.457 e. The summed E-state index contributed by atoms with van der Waals surface area (Å²) in [5, 5.41) is 2.48. The Hall–Kier alpha value is -3.84. The van der Waals surface area contributed by atoms with Crippen molar-refractivity contribution in [2.75, 3.05) is 4.90 Å². The first-order valence-electron chi connectivity index (χ1n) is 9.43. The van der Waals surface area contributed by atoms with Crippen LogP contribution in [0.25, 0.3) is 6.08 Å². The lowest BCUT2D eigenvalue weighted by Crippen LogP contribution is -2.54. The minimum Gasteiger partial charge on any atom is -0.457 e. The number of para-hydroxylation sites is 1. The second kappa shape index (κ2) is 8.49. The number of benzene rings is 3. The molecule has 0 bridgehead atoms. The van der Waals surface area contributed by atoms with Crippen LogP contribution >= 0.6 is 12.2 Å². The maximum atomic E-state index is 13.9. The van der Waals surface area contributed by atoms with Crippen LogP contribution in [0.2, 0.25) is 0 Å². The number of thiocarbonyl (C=S) groups is 1. The number of hydrogen-bond acceptors (Lipinski definition) is 4. The summed E-state index contributed by atoms with van der Waals surface area (Å²) in [6.45, 7) is 1.63. The molecule has 5 nitrogen and oxygen atoms in total. The van der Waals surface area contributed by atoms with Crippen molar-refractivity contribution in [3.63, 3.8) is 0 Å². The first kappa shape index (κ1) is 20.4. The van der Waals surface area contributed by atoms with Gasteiger partial charge in [-0.2, -0.15) is 0 Å². The molecule has 3 aromatic rings. The van der Waals surface area contributed by atoms with E-state index < -0.39 is 17.6 Å². The number of carbonyl (C=O) groups excluding carboxylic acids is 2. The fourth-order valence-corrected chi connectivity index (χ4v) is 3.33. The van der Waals surface area contributed by atoms with Gasteiger partial charge in [-0.25, -0.2) is 4.39 Å². The Bertz CT molecular complexity index is 1210. The monoisotopic (exact) mass is 432 g/mol. The van der Waals surface area contributed by atoms with Crippen molar-refractivity contribution in [3.05, 3.63) is 95.3 Å². The molecule has 2 amide bonds. The highest BCUT2D eigenvalue weighted by atomic mass is 32.1. The van der Waals surface area contributed by atoms with E-state index in [0.29, 0.717) is 28.3 Å². The summed E-state index contributed by atoms with van der Waals surface area (Å²) in [5.41, 5.74) is 1.21. The van der Waals surface area contributed by atoms with Crippen LogP contribution in [0.3, 0.4) is 0 Å². The van der Waals surface area contributed by atoms with Crippen molar-refractivity contribution in [2.24, 2.45) is 0 Å². The van der Waals surface area contributed by atoms with Gasteiger partial charge in [0, 0.05) is 0 Å². The SMILES string of the molecule is Cc1ccc(C=C2C(=O)NC(=S)N(c3ccc(Oc4ccccc4)cc3)C2=O)cc1F. The number of halogens is 1. The van der Waals surface area contributed by atoms with E-state index in [4.69, 9.17) is 17.0 Å². The third-order valence-electron chi connectivity index (χ3n) is 4.68. The molecule has 1 aliphatic heterocycles. The summed E-state index contributed by atoms with van der Waals surface area (Å²) in [4.78, 5) is 26.7. The number of rotatable bonds is 4. The lowest BCUT2D eigenvalue weighted by atomic mass is 10.1. The molecule has 0 spiro atoms. The molecule has 0 saturated carbocycles. The van der Waals surface area contributed by atoms with Crippen molar-refractivity contribution in [3.8, 4) is 11.5 Å². The maximum absolute atomic E-state index is 13.9. The van der Waals surface area contributed by atoms with E-state index in [0.717, 1.165) is 0 Å². The lowest BCUT2D eigenvalue weighted by molar-refractivity contribution is -0.122. The smallest absolute Gasteiger partial charge is 0.270 e. The van der Waals surface area contributed by atoms with E-state index in [1.807, 2.05) is 30.3 Å². The summed E-state index contributed by atoms with van der Waals surface area (Å²) in [6, 6.07) is 20.5. The van der Waals surface area contributed by atoms with E-state index in [-0.39, 0.29) is 10.7 Å². The molecule has 1 heterocycles. The second-order valence-electron chi connectivity index (χ2n) is 6.88. The van der Waals surface area contributed by atoms with Crippen LogP contribution in [-0.2, 0) is 9.59 Å².